The molecule has 1 aliphatic rings. The maximum Gasteiger partial charge on any atom is 0.317 e. The molecule has 0 aliphatic carbocycles. The number of nitrogens with one attached hydrogen (secondary N) is 1. The number of hydrogen-bond donors (Lipinski definition) is 2. The van der Waals surface area contributed by atoms with Crippen molar-refractivity contribution in [1.82, 2.24) is 10.2 Å². The summed E-state index contributed by atoms with van der Waals surface area (Å²) in [6.45, 7) is 9.06. The molecule has 2 amide bonds. The third-order valence-corrected chi connectivity index (χ3v) is 4.32. The molecule has 2 atom stereocenters. The summed E-state index contributed by atoms with van der Waals surface area (Å²) in [5.41, 5.74) is -0.751. The van der Waals surface area contributed by atoms with Gasteiger partial charge in [-0.25, -0.2) is 4.79 Å². The number of urea groups is 1. The summed E-state index contributed by atoms with van der Waals surface area (Å²) in [5.74, 6) is -0.163. The van der Waals surface area contributed by atoms with Crippen molar-refractivity contribution in [1.29, 1.82) is 0 Å². The highest BCUT2D eigenvalue weighted by atomic mass is 16.4. The van der Waals surface area contributed by atoms with Gasteiger partial charge in [0.15, 0.2) is 0 Å². The Hall–Kier alpha value is -1.26. The van der Waals surface area contributed by atoms with Crippen molar-refractivity contribution in [2.45, 2.75) is 59.4 Å². The number of amides is 2. The van der Waals surface area contributed by atoms with E-state index < -0.39 is 11.4 Å². The lowest BCUT2D eigenvalue weighted by molar-refractivity contribution is -0.148. The maximum atomic E-state index is 12.1. The number of carbonyl (C=O) groups is 2. The Morgan fingerprint density at radius 1 is 1.30 bits per heavy atom. The van der Waals surface area contributed by atoms with E-state index in [9.17, 15) is 14.7 Å². The highest BCUT2D eigenvalue weighted by molar-refractivity contribution is 5.79. The van der Waals surface area contributed by atoms with Crippen LogP contribution in [0.1, 0.15) is 53.4 Å². The first kappa shape index (κ1) is 16.8. The molecule has 5 nitrogen and oxygen atoms in total. The second-order valence-corrected chi connectivity index (χ2v) is 6.43. The molecule has 0 aromatic carbocycles. The minimum Gasteiger partial charge on any atom is -0.481 e. The number of likely N-dealkylation sites (tertiary alicyclic amines) is 1. The second kappa shape index (κ2) is 6.95. The first-order valence-electron chi connectivity index (χ1n) is 7.59. The van der Waals surface area contributed by atoms with Crippen molar-refractivity contribution >= 4 is 12.0 Å². The molecule has 20 heavy (non-hydrogen) atoms. The molecule has 1 heterocycles. The Morgan fingerprint density at radius 3 is 2.40 bits per heavy atom. The van der Waals surface area contributed by atoms with Crippen LogP contribution in [0.15, 0.2) is 0 Å². The second-order valence-electron chi connectivity index (χ2n) is 6.43. The quantitative estimate of drug-likeness (QED) is 0.788. The lowest BCUT2D eigenvalue weighted by Crippen LogP contribution is -2.44. The molecule has 2 unspecified atom stereocenters. The molecule has 0 aromatic rings. The predicted octanol–water partition coefficient (Wildman–Crippen LogP) is 2.71. The zero-order chi connectivity index (χ0) is 15.3. The van der Waals surface area contributed by atoms with Crippen LogP contribution in [0.3, 0.4) is 0 Å². The third-order valence-electron chi connectivity index (χ3n) is 4.32. The van der Waals surface area contributed by atoms with E-state index >= 15 is 0 Å². The minimum atomic E-state index is -0.789. The average Bonchev–Trinajstić information content (AvgIpc) is 2.82. The van der Waals surface area contributed by atoms with E-state index in [1.165, 1.54) is 0 Å². The van der Waals surface area contributed by atoms with Gasteiger partial charge in [0.05, 0.1) is 5.41 Å². The number of carboxylic acids is 1. The monoisotopic (exact) mass is 284 g/mol. The summed E-state index contributed by atoms with van der Waals surface area (Å²) in [6, 6.07) is 0.00388. The van der Waals surface area contributed by atoms with Gasteiger partial charge in [-0.15, -0.1) is 0 Å². The summed E-state index contributed by atoms with van der Waals surface area (Å²) in [6.07, 6.45) is 3.15. The van der Waals surface area contributed by atoms with E-state index in [4.69, 9.17) is 0 Å². The summed E-state index contributed by atoms with van der Waals surface area (Å²) >= 11 is 0. The van der Waals surface area contributed by atoms with Crippen molar-refractivity contribution in [3.05, 3.63) is 0 Å². The Labute approximate surface area is 121 Å². The molecular weight excluding hydrogens is 256 g/mol. The van der Waals surface area contributed by atoms with Gasteiger partial charge < -0.3 is 15.3 Å². The van der Waals surface area contributed by atoms with Crippen molar-refractivity contribution < 1.29 is 14.7 Å². The standard InChI is InChI=1S/C15H28N2O3/c1-5-15(13(18)19)8-9-17(10-15)14(20)16-12(4)7-6-11(2)3/h11-12H,5-10H2,1-4H3,(H,16,20)(H,18,19). The fraction of sp³-hybridized carbons (Fsp3) is 0.867. The Bertz CT molecular complexity index is 357. The lowest BCUT2D eigenvalue weighted by Gasteiger charge is -2.24. The molecule has 0 spiro atoms. The van der Waals surface area contributed by atoms with E-state index in [-0.39, 0.29) is 12.1 Å². The SMILES string of the molecule is CCC1(C(=O)O)CCN(C(=O)NC(C)CCC(C)C)C1. The van der Waals surface area contributed by atoms with E-state index in [0.717, 1.165) is 12.8 Å². The molecule has 1 rings (SSSR count). The van der Waals surface area contributed by atoms with Crippen molar-refractivity contribution in [2.75, 3.05) is 13.1 Å². The molecule has 0 radical (unpaired) electrons. The first-order valence-corrected chi connectivity index (χ1v) is 7.59. The van der Waals surface area contributed by atoms with Gasteiger partial charge in [0.25, 0.3) is 0 Å². The number of carboxylic acid groups (broad SMARTS) is 1. The van der Waals surface area contributed by atoms with Crippen molar-refractivity contribution in [3.63, 3.8) is 0 Å². The number of hydrogen-bond acceptors (Lipinski definition) is 2. The van der Waals surface area contributed by atoms with Crippen LogP contribution in [0.25, 0.3) is 0 Å². The zero-order valence-electron chi connectivity index (χ0n) is 13.1. The van der Waals surface area contributed by atoms with Gasteiger partial charge in [-0.2, -0.15) is 0 Å². The highest BCUT2D eigenvalue weighted by Crippen LogP contribution is 2.34. The number of aliphatic carboxylic acids is 1. The van der Waals surface area contributed by atoms with Gasteiger partial charge in [0.2, 0.25) is 0 Å². The first-order chi connectivity index (χ1) is 9.30. The van der Waals surface area contributed by atoms with Crippen LogP contribution in [0, 0.1) is 11.3 Å². The summed E-state index contributed by atoms with van der Waals surface area (Å²) in [5, 5.41) is 12.3. The molecule has 1 saturated heterocycles. The number of rotatable bonds is 6. The molecule has 0 aromatic heterocycles. The number of nitrogens with zero attached hydrogens (tertiary/aromatic N) is 1. The van der Waals surface area contributed by atoms with Gasteiger partial charge in [-0.3, -0.25) is 4.79 Å². The van der Waals surface area contributed by atoms with Gasteiger partial charge in [0.1, 0.15) is 0 Å². The fourth-order valence-electron chi connectivity index (χ4n) is 2.62. The number of carbonyl (C=O) groups excluding carboxylic acids is 1. The van der Waals surface area contributed by atoms with Gasteiger partial charge in [0, 0.05) is 19.1 Å². The molecular formula is C15H28N2O3. The molecule has 1 fully saturated rings. The fourth-order valence-corrected chi connectivity index (χ4v) is 2.62. The topological polar surface area (TPSA) is 69.6 Å². The Kier molecular flexibility index (Phi) is 5.84. The minimum absolute atomic E-state index is 0.127. The largest absolute Gasteiger partial charge is 0.481 e. The molecule has 5 heteroatoms. The van der Waals surface area contributed by atoms with Gasteiger partial charge in [-0.1, -0.05) is 20.8 Å². The van der Waals surface area contributed by atoms with E-state index in [0.29, 0.717) is 31.8 Å². The summed E-state index contributed by atoms with van der Waals surface area (Å²) < 4.78 is 0. The van der Waals surface area contributed by atoms with Crippen molar-refractivity contribution in [2.24, 2.45) is 11.3 Å². The van der Waals surface area contributed by atoms with Crippen LogP contribution in [-0.2, 0) is 4.79 Å². The molecule has 116 valence electrons. The van der Waals surface area contributed by atoms with Crippen LogP contribution in [0.2, 0.25) is 0 Å². The normalized spacial score (nSPS) is 23.9. The zero-order valence-corrected chi connectivity index (χ0v) is 13.1. The summed E-state index contributed by atoms with van der Waals surface area (Å²) in [7, 11) is 0. The van der Waals surface area contributed by atoms with Crippen LogP contribution < -0.4 is 5.32 Å². The third kappa shape index (κ3) is 4.12. The van der Waals surface area contributed by atoms with Crippen molar-refractivity contribution in [3.8, 4) is 0 Å². The molecule has 1 aliphatic heterocycles. The maximum absolute atomic E-state index is 12.1. The highest BCUT2D eigenvalue weighted by Gasteiger charge is 2.44. The van der Waals surface area contributed by atoms with E-state index in [1.807, 2.05) is 13.8 Å². The van der Waals surface area contributed by atoms with E-state index in [1.54, 1.807) is 4.90 Å². The smallest absolute Gasteiger partial charge is 0.317 e. The Morgan fingerprint density at radius 2 is 1.95 bits per heavy atom. The molecule has 0 saturated carbocycles. The van der Waals surface area contributed by atoms with Crippen LogP contribution >= 0.6 is 0 Å². The summed E-state index contributed by atoms with van der Waals surface area (Å²) in [4.78, 5) is 25.2. The average molecular weight is 284 g/mol. The van der Waals surface area contributed by atoms with Crippen LogP contribution in [0.5, 0.6) is 0 Å². The molecule has 0 bridgehead atoms. The Balaban J connectivity index is 2.48. The molecule has 2 N–H and O–H groups in total. The van der Waals surface area contributed by atoms with Gasteiger partial charge in [-0.05, 0) is 38.5 Å². The van der Waals surface area contributed by atoms with Gasteiger partial charge >= 0.3 is 12.0 Å². The lowest BCUT2D eigenvalue weighted by atomic mass is 9.84. The van der Waals surface area contributed by atoms with Crippen LogP contribution in [-0.4, -0.2) is 41.1 Å². The van der Waals surface area contributed by atoms with E-state index in [2.05, 4.69) is 19.2 Å². The van der Waals surface area contributed by atoms with Crippen LogP contribution in [0.4, 0.5) is 4.79 Å². The predicted molar refractivity (Wildman–Crippen MR) is 78.6 cm³/mol.